The molecule has 4 rings (SSSR count). The van der Waals surface area contributed by atoms with Gasteiger partial charge in [-0.2, -0.15) is 0 Å². The molecule has 1 fully saturated rings. The molecule has 0 aliphatic carbocycles. The largest absolute Gasteiger partial charge is 0.376 e. The van der Waals surface area contributed by atoms with Gasteiger partial charge in [0.2, 0.25) is 0 Å². The Bertz CT molecular complexity index is 1020. The number of carbonyl (C=O) groups is 1. The number of aryl methyl sites for hydroxylation is 2. The van der Waals surface area contributed by atoms with Gasteiger partial charge in [-0.3, -0.25) is 9.69 Å². The van der Waals surface area contributed by atoms with Gasteiger partial charge in [-0.25, -0.2) is 4.98 Å². The summed E-state index contributed by atoms with van der Waals surface area (Å²) < 4.78 is 11.0. The molecule has 1 aliphatic rings. The third-order valence-corrected chi connectivity index (χ3v) is 6.24. The van der Waals surface area contributed by atoms with Crippen LogP contribution >= 0.6 is 34.5 Å². The van der Waals surface area contributed by atoms with E-state index in [1.165, 1.54) is 11.3 Å². The molecule has 3 heterocycles. The molecule has 2 aromatic heterocycles. The number of halogens is 2. The summed E-state index contributed by atoms with van der Waals surface area (Å²) in [7, 11) is 0. The van der Waals surface area contributed by atoms with Crippen molar-refractivity contribution in [1.29, 1.82) is 0 Å². The average molecular weight is 452 g/mol. The number of aromatic nitrogens is 2. The van der Waals surface area contributed by atoms with Crippen molar-refractivity contribution in [2.45, 2.75) is 32.8 Å². The fourth-order valence-corrected chi connectivity index (χ4v) is 4.71. The molecule has 152 valence electrons. The number of thiazole rings is 1. The number of nitrogens with zero attached hydrogens (tertiary/aromatic N) is 3. The van der Waals surface area contributed by atoms with Crippen LogP contribution in [0, 0.1) is 13.8 Å². The molecule has 0 radical (unpaired) electrons. The van der Waals surface area contributed by atoms with Gasteiger partial charge >= 0.3 is 0 Å². The lowest BCUT2D eigenvalue weighted by atomic mass is 10.1. The van der Waals surface area contributed by atoms with Gasteiger partial charge in [0.25, 0.3) is 5.91 Å². The summed E-state index contributed by atoms with van der Waals surface area (Å²) in [6, 6.07) is 5.27. The highest BCUT2D eigenvalue weighted by Gasteiger charge is 2.30. The summed E-state index contributed by atoms with van der Waals surface area (Å²) in [4.78, 5) is 19.7. The number of ether oxygens (including phenoxy) is 1. The molecule has 3 aromatic rings. The minimum Gasteiger partial charge on any atom is -0.376 e. The van der Waals surface area contributed by atoms with Crippen LogP contribution in [-0.4, -0.2) is 35.3 Å². The maximum atomic E-state index is 13.4. The molecule has 1 aromatic carbocycles. The standard InChI is InChI=1S/C20H19Cl2N3O3S/c1-11-18(12(2)28-24-11)19(26)25(9-14-4-3-7-27-14)20-23-17(10-29-20)15-6-5-13(21)8-16(15)22/h5-6,8,10,14H,3-4,7,9H2,1-2H3/t14-/m1/s1. The maximum absolute atomic E-state index is 13.4. The Morgan fingerprint density at radius 2 is 2.17 bits per heavy atom. The SMILES string of the molecule is Cc1noc(C)c1C(=O)N(C[C@H]1CCCO1)c1nc(-c2ccc(Cl)cc2Cl)cs1. The monoisotopic (exact) mass is 451 g/mol. The fraction of sp³-hybridized carbons (Fsp3) is 0.350. The van der Waals surface area contributed by atoms with Crippen LogP contribution in [-0.2, 0) is 4.74 Å². The van der Waals surface area contributed by atoms with Crippen LogP contribution in [0.1, 0.15) is 34.7 Å². The molecule has 0 saturated carbocycles. The molecular formula is C20H19Cl2N3O3S. The van der Waals surface area contributed by atoms with Crippen molar-refractivity contribution >= 4 is 45.6 Å². The molecule has 1 saturated heterocycles. The van der Waals surface area contributed by atoms with Crippen LogP contribution in [0.3, 0.4) is 0 Å². The summed E-state index contributed by atoms with van der Waals surface area (Å²) in [5.74, 6) is 0.294. The summed E-state index contributed by atoms with van der Waals surface area (Å²) in [6.07, 6.45) is 1.87. The normalized spacial score (nSPS) is 16.3. The van der Waals surface area contributed by atoms with E-state index in [1.807, 2.05) is 11.4 Å². The van der Waals surface area contributed by atoms with E-state index in [4.69, 9.17) is 37.4 Å². The number of carbonyl (C=O) groups excluding carboxylic acids is 1. The van der Waals surface area contributed by atoms with Gasteiger partial charge < -0.3 is 9.26 Å². The van der Waals surface area contributed by atoms with Gasteiger partial charge in [-0.05, 0) is 44.9 Å². The minimum atomic E-state index is -0.195. The van der Waals surface area contributed by atoms with Gasteiger partial charge in [0.15, 0.2) is 5.13 Å². The Labute approximate surface area is 182 Å². The van der Waals surface area contributed by atoms with E-state index in [2.05, 4.69) is 5.16 Å². The predicted molar refractivity (Wildman–Crippen MR) is 114 cm³/mol. The fourth-order valence-electron chi connectivity index (χ4n) is 3.37. The van der Waals surface area contributed by atoms with E-state index in [9.17, 15) is 4.79 Å². The Hall–Kier alpha value is -1.93. The smallest absolute Gasteiger partial charge is 0.265 e. The van der Waals surface area contributed by atoms with E-state index in [-0.39, 0.29) is 12.0 Å². The lowest BCUT2D eigenvalue weighted by Gasteiger charge is -2.23. The van der Waals surface area contributed by atoms with Gasteiger partial charge in [0.05, 0.1) is 29.1 Å². The van der Waals surface area contributed by atoms with Crippen LogP contribution in [0.25, 0.3) is 11.3 Å². The highest BCUT2D eigenvalue weighted by atomic mass is 35.5. The number of hydrogen-bond donors (Lipinski definition) is 0. The first kappa shape index (κ1) is 20.3. The Morgan fingerprint density at radius 3 is 2.83 bits per heavy atom. The van der Waals surface area contributed by atoms with Crippen molar-refractivity contribution in [3.8, 4) is 11.3 Å². The lowest BCUT2D eigenvalue weighted by molar-refractivity contribution is 0.0915. The molecule has 9 heteroatoms. The van der Waals surface area contributed by atoms with Crippen LogP contribution in [0.5, 0.6) is 0 Å². The molecule has 29 heavy (non-hydrogen) atoms. The van der Waals surface area contributed by atoms with Crippen LogP contribution in [0.15, 0.2) is 28.1 Å². The van der Waals surface area contributed by atoms with Crippen LogP contribution < -0.4 is 4.90 Å². The molecule has 0 spiro atoms. The van der Waals surface area contributed by atoms with Gasteiger partial charge in [0.1, 0.15) is 11.3 Å². The van der Waals surface area contributed by atoms with Crippen molar-refractivity contribution in [2.24, 2.45) is 0 Å². The maximum Gasteiger partial charge on any atom is 0.265 e. The first-order chi connectivity index (χ1) is 13.9. The molecule has 0 N–H and O–H groups in total. The topological polar surface area (TPSA) is 68.5 Å². The number of amides is 1. The van der Waals surface area contributed by atoms with Crippen LogP contribution in [0.4, 0.5) is 5.13 Å². The van der Waals surface area contributed by atoms with Gasteiger partial charge in [-0.15, -0.1) is 11.3 Å². The molecular weight excluding hydrogens is 433 g/mol. The first-order valence-electron chi connectivity index (χ1n) is 9.21. The third kappa shape index (κ3) is 4.19. The van der Waals surface area contributed by atoms with Gasteiger partial charge in [0, 0.05) is 22.6 Å². The van der Waals surface area contributed by atoms with E-state index < -0.39 is 0 Å². The van der Waals surface area contributed by atoms with Crippen LogP contribution in [0.2, 0.25) is 10.0 Å². The second-order valence-corrected chi connectivity index (χ2v) is 8.57. The van der Waals surface area contributed by atoms with Crippen molar-refractivity contribution in [3.05, 3.63) is 50.6 Å². The second-order valence-electron chi connectivity index (χ2n) is 6.89. The average Bonchev–Trinajstić information content (AvgIpc) is 3.41. The molecule has 1 atom stereocenters. The highest BCUT2D eigenvalue weighted by Crippen LogP contribution is 2.34. The number of hydrogen-bond acceptors (Lipinski definition) is 6. The Kier molecular flexibility index (Phi) is 5.92. The minimum absolute atomic E-state index is 0.0223. The third-order valence-electron chi connectivity index (χ3n) is 4.83. The highest BCUT2D eigenvalue weighted by molar-refractivity contribution is 7.14. The molecule has 0 unspecified atom stereocenters. The van der Waals surface area contributed by atoms with Crippen molar-refractivity contribution in [2.75, 3.05) is 18.1 Å². The Morgan fingerprint density at radius 1 is 1.34 bits per heavy atom. The predicted octanol–water partition coefficient (Wildman–Crippen LogP) is 5.55. The van der Waals surface area contributed by atoms with E-state index in [0.717, 1.165) is 18.4 Å². The van der Waals surface area contributed by atoms with E-state index in [1.54, 1.807) is 30.9 Å². The number of anilines is 1. The van der Waals surface area contributed by atoms with Crippen molar-refractivity contribution in [3.63, 3.8) is 0 Å². The molecule has 6 nitrogen and oxygen atoms in total. The zero-order chi connectivity index (χ0) is 20.5. The summed E-state index contributed by atoms with van der Waals surface area (Å²) in [6.45, 7) is 4.62. The summed E-state index contributed by atoms with van der Waals surface area (Å²) in [5, 5.41) is 7.44. The summed E-state index contributed by atoms with van der Waals surface area (Å²) >= 11 is 13.7. The second kappa shape index (κ2) is 8.44. The van der Waals surface area contributed by atoms with E-state index in [0.29, 0.717) is 51.0 Å². The van der Waals surface area contributed by atoms with Crippen molar-refractivity contribution in [1.82, 2.24) is 10.1 Å². The zero-order valence-electron chi connectivity index (χ0n) is 15.9. The number of benzene rings is 1. The Balaban J connectivity index is 1.69. The molecule has 1 amide bonds. The summed E-state index contributed by atoms with van der Waals surface area (Å²) in [5.41, 5.74) is 2.47. The quantitative estimate of drug-likeness (QED) is 0.508. The lowest BCUT2D eigenvalue weighted by Crippen LogP contribution is -2.38. The molecule has 0 bridgehead atoms. The number of rotatable bonds is 5. The molecule has 1 aliphatic heterocycles. The zero-order valence-corrected chi connectivity index (χ0v) is 18.3. The van der Waals surface area contributed by atoms with Crippen molar-refractivity contribution < 1.29 is 14.1 Å². The van der Waals surface area contributed by atoms with E-state index >= 15 is 0 Å². The van der Waals surface area contributed by atoms with Gasteiger partial charge in [-0.1, -0.05) is 28.4 Å². The first-order valence-corrected chi connectivity index (χ1v) is 10.8.